The molecular weight excluding hydrogens is 529 g/mol. The Bertz CT molecular complexity index is 1490. The standard InChI is InChI=1S/C28H23ClFN3O6/c1-3-38-24-14-17(7-12-23(24)39-15-25(34)31-19-10-8-18(30)9-11-19)13-20-26(35)32-28(37)33(27(20)36)22-6-4-5-21(29)16(22)2/h4-14H,3,15H2,1-2H3,(H,31,34)(H,32,35,37)/b20-13-. The summed E-state index contributed by atoms with van der Waals surface area (Å²) in [6, 6.07) is 13.8. The molecule has 1 saturated heterocycles. The van der Waals surface area contributed by atoms with Crippen molar-refractivity contribution in [1.29, 1.82) is 0 Å². The van der Waals surface area contributed by atoms with Gasteiger partial charge in [0.15, 0.2) is 18.1 Å². The number of imide groups is 2. The molecule has 1 heterocycles. The Hall–Kier alpha value is -4.70. The fraction of sp³-hybridized carbons (Fsp3) is 0.143. The second kappa shape index (κ2) is 11.8. The van der Waals surface area contributed by atoms with Crippen LogP contribution in [0, 0.1) is 12.7 Å². The maximum Gasteiger partial charge on any atom is 0.335 e. The zero-order valence-corrected chi connectivity index (χ0v) is 21.7. The van der Waals surface area contributed by atoms with E-state index in [0.717, 1.165) is 4.90 Å². The van der Waals surface area contributed by atoms with E-state index in [1.807, 2.05) is 0 Å². The van der Waals surface area contributed by atoms with Gasteiger partial charge in [0.1, 0.15) is 11.4 Å². The van der Waals surface area contributed by atoms with Crippen molar-refractivity contribution < 1.29 is 33.0 Å². The molecule has 1 aliphatic heterocycles. The molecule has 0 bridgehead atoms. The maximum absolute atomic E-state index is 13.3. The quantitative estimate of drug-likeness (QED) is 0.305. The topological polar surface area (TPSA) is 114 Å². The molecule has 4 rings (SSSR count). The number of hydrogen-bond donors (Lipinski definition) is 2. The Labute approximate surface area is 228 Å². The highest BCUT2D eigenvalue weighted by molar-refractivity contribution is 6.40. The van der Waals surface area contributed by atoms with Crippen LogP contribution in [-0.4, -0.2) is 37.0 Å². The van der Waals surface area contributed by atoms with Gasteiger partial charge in [0, 0.05) is 10.7 Å². The second-order valence-electron chi connectivity index (χ2n) is 8.32. The lowest BCUT2D eigenvalue weighted by Gasteiger charge is -2.27. The number of carbonyl (C=O) groups excluding carboxylic acids is 4. The third-order valence-electron chi connectivity index (χ3n) is 5.65. The average molecular weight is 552 g/mol. The summed E-state index contributed by atoms with van der Waals surface area (Å²) in [6.07, 6.45) is 1.32. The predicted molar refractivity (Wildman–Crippen MR) is 143 cm³/mol. The van der Waals surface area contributed by atoms with Crippen LogP contribution in [-0.2, 0) is 14.4 Å². The van der Waals surface area contributed by atoms with Crippen LogP contribution in [0.1, 0.15) is 18.1 Å². The number of urea groups is 1. The lowest BCUT2D eigenvalue weighted by molar-refractivity contribution is -0.122. The number of carbonyl (C=O) groups is 4. The normalized spacial score (nSPS) is 14.3. The van der Waals surface area contributed by atoms with E-state index in [1.165, 1.54) is 42.5 Å². The van der Waals surface area contributed by atoms with E-state index in [-0.39, 0.29) is 36.0 Å². The van der Waals surface area contributed by atoms with Crippen LogP contribution in [0.3, 0.4) is 0 Å². The van der Waals surface area contributed by atoms with Gasteiger partial charge in [0.2, 0.25) is 0 Å². The van der Waals surface area contributed by atoms with Crippen molar-refractivity contribution in [2.75, 3.05) is 23.4 Å². The van der Waals surface area contributed by atoms with Gasteiger partial charge in [-0.2, -0.15) is 0 Å². The summed E-state index contributed by atoms with van der Waals surface area (Å²) >= 11 is 6.16. The highest BCUT2D eigenvalue weighted by Crippen LogP contribution is 2.32. The van der Waals surface area contributed by atoms with Crippen molar-refractivity contribution in [3.05, 3.63) is 88.2 Å². The van der Waals surface area contributed by atoms with Crippen molar-refractivity contribution in [3.63, 3.8) is 0 Å². The fourth-order valence-corrected chi connectivity index (χ4v) is 3.93. The van der Waals surface area contributed by atoms with Gasteiger partial charge < -0.3 is 14.8 Å². The van der Waals surface area contributed by atoms with E-state index in [9.17, 15) is 23.6 Å². The molecule has 0 aromatic heterocycles. The van der Waals surface area contributed by atoms with Crippen molar-refractivity contribution in [2.24, 2.45) is 0 Å². The van der Waals surface area contributed by atoms with Crippen molar-refractivity contribution in [3.8, 4) is 11.5 Å². The monoisotopic (exact) mass is 551 g/mol. The fourth-order valence-electron chi connectivity index (χ4n) is 3.76. The minimum Gasteiger partial charge on any atom is -0.490 e. The molecule has 0 unspecified atom stereocenters. The number of anilines is 2. The summed E-state index contributed by atoms with van der Waals surface area (Å²) in [5.74, 6) is -2.04. The second-order valence-corrected chi connectivity index (χ2v) is 8.73. The summed E-state index contributed by atoms with van der Waals surface area (Å²) < 4.78 is 24.3. The lowest BCUT2D eigenvalue weighted by atomic mass is 10.1. The van der Waals surface area contributed by atoms with Gasteiger partial charge in [0.05, 0.1) is 12.3 Å². The Kier molecular flexibility index (Phi) is 8.26. The number of ether oxygens (including phenoxy) is 2. The van der Waals surface area contributed by atoms with E-state index in [4.69, 9.17) is 21.1 Å². The van der Waals surface area contributed by atoms with Crippen molar-refractivity contribution >= 4 is 52.8 Å². The molecular formula is C28H23ClFN3O6. The maximum atomic E-state index is 13.3. The number of barbiturate groups is 1. The van der Waals surface area contributed by atoms with Crippen LogP contribution < -0.4 is 25.0 Å². The molecule has 11 heteroatoms. The first-order chi connectivity index (χ1) is 18.7. The van der Waals surface area contributed by atoms with E-state index < -0.39 is 29.6 Å². The minimum atomic E-state index is -0.884. The number of hydrogen-bond acceptors (Lipinski definition) is 6. The summed E-state index contributed by atoms with van der Waals surface area (Å²) in [5, 5.41) is 5.13. The summed E-state index contributed by atoms with van der Waals surface area (Å²) in [6.45, 7) is 3.33. The van der Waals surface area contributed by atoms with Gasteiger partial charge in [-0.15, -0.1) is 0 Å². The van der Waals surface area contributed by atoms with Gasteiger partial charge in [-0.3, -0.25) is 19.7 Å². The molecule has 3 aromatic rings. The number of benzene rings is 3. The molecule has 0 radical (unpaired) electrons. The predicted octanol–water partition coefficient (Wildman–Crippen LogP) is 4.87. The van der Waals surface area contributed by atoms with Crippen molar-refractivity contribution in [1.82, 2.24) is 5.32 Å². The van der Waals surface area contributed by atoms with Gasteiger partial charge in [-0.25, -0.2) is 14.1 Å². The van der Waals surface area contributed by atoms with Crippen LogP contribution in [0.15, 0.2) is 66.2 Å². The Morgan fingerprint density at radius 1 is 1.05 bits per heavy atom. The van der Waals surface area contributed by atoms with E-state index in [2.05, 4.69) is 10.6 Å². The van der Waals surface area contributed by atoms with Gasteiger partial charge in [-0.1, -0.05) is 23.7 Å². The van der Waals surface area contributed by atoms with Crippen LogP contribution in [0.25, 0.3) is 6.08 Å². The van der Waals surface area contributed by atoms with Gasteiger partial charge >= 0.3 is 6.03 Å². The molecule has 9 nitrogen and oxygen atoms in total. The molecule has 5 amide bonds. The molecule has 3 aromatic carbocycles. The molecule has 1 fully saturated rings. The number of amides is 5. The Morgan fingerprint density at radius 2 is 1.79 bits per heavy atom. The average Bonchev–Trinajstić information content (AvgIpc) is 2.90. The Morgan fingerprint density at radius 3 is 2.51 bits per heavy atom. The molecule has 200 valence electrons. The summed E-state index contributed by atoms with van der Waals surface area (Å²) in [4.78, 5) is 51.5. The number of nitrogens with one attached hydrogen (secondary N) is 2. The van der Waals surface area contributed by atoms with Gasteiger partial charge in [0.25, 0.3) is 17.7 Å². The largest absolute Gasteiger partial charge is 0.490 e. The third kappa shape index (κ3) is 6.24. The first-order valence-corrected chi connectivity index (χ1v) is 12.2. The molecule has 1 aliphatic rings. The number of rotatable bonds is 8. The van der Waals surface area contributed by atoms with Crippen LogP contribution in [0.4, 0.5) is 20.6 Å². The lowest BCUT2D eigenvalue weighted by Crippen LogP contribution is -2.54. The first-order valence-electron chi connectivity index (χ1n) is 11.8. The smallest absolute Gasteiger partial charge is 0.335 e. The van der Waals surface area contributed by atoms with Gasteiger partial charge in [-0.05, 0) is 79.6 Å². The molecule has 0 atom stereocenters. The van der Waals surface area contributed by atoms with Crippen LogP contribution in [0.2, 0.25) is 5.02 Å². The molecule has 2 N–H and O–H groups in total. The van der Waals surface area contributed by atoms with E-state index in [1.54, 1.807) is 38.1 Å². The van der Waals surface area contributed by atoms with Crippen LogP contribution in [0.5, 0.6) is 11.5 Å². The van der Waals surface area contributed by atoms with Crippen LogP contribution >= 0.6 is 11.6 Å². The molecule has 0 saturated carbocycles. The zero-order valence-electron chi connectivity index (χ0n) is 20.9. The SMILES string of the molecule is CCOc1cc(/C=C2/C(=O)NC(=O)N(c3cccc(Cl)c3C)C2=O)ccc1OCC(=O)Nc1ccc(F)cc1. The Balaban J connectivity index is 1.55. The highest BCUT2D eigenvalue weighted by Gasteiger charge is 2.37. The van der Waals surface area contributed by atoms with Crippen molar-refractivity contribution in [2.45, 2.75) is 13.8 Å². The molecule has 39 heavy (non-hydrogen) atoms. The summed E-state index contributed by atoms with van der Waals surface area (Å²) in [7, 11) is 0. The summed E-state index contributed by atoms with van der Waals surface area (Å²) in [5.41, 5.74) is 1.30. The van der Waals surface area contributed by atoms with E-state index >= 15 is 0 Å². The first kappa shape index (κ1) is 27.3. The minimum absolute atomic E-state index is 0.249. The van der Waals surface area contributed by atoms with E-state index in [0.29, 0.717) is 21.8 Å². The molecule has 0 aliphatic carbocycles. The third-order valence-corrected chi connectivity index (χ3v) is 6.06. The number of nitrogens with zero attached hydrogens (tertiary/aromatic N) is 1. The molecule has 0 spiro atoms. The zero-order chi connectivity index (χ0) is 28.1. The number of halogens is 2. The highest BCUT2D eigenvalue weighted by atomic mass is 35.5.